The topological polar surface area (TPSA) is 93.7 Å². The maximum Gasteiger partial charge on any atom is 0.323 e. The average Bonchev–Trinajstić information content (AvgIpc) is 1.98. The standard InChI is InChI=1S/C6H12N4O2/c7-6-9(4-5(11)12)2-1-3-10(6)8/h7H,1-4,8H2,(H,11,12). The zero-order valence-electron chi connectivity index (χ0n) is 6.66. The fourth-order valence-corrected chi connectivity index (χ4v) is 1.14. The molecule has 0 bridgehead atoms. The summed E-state index contributed by atoms with van der Waals surface area (Å²) in [6, 6.07) is 0. The summed E-state index contributed by atoms with van der Waals surface area (Å²) in [6.45, 7) is 1.07. The molecule has 1 aliphatic heterocycles. The quantitative estimate of drug-likeness (QED) is 0.459. The summed E-state index contributed by atoms with van der Waals surface area (Å²) in [5.74, 6) is 4.57. The summed E-state index contributed by atoms with van der Waals surface area (Å²) in [5, 5.41) is 17.1. The van der Waals surface area contributed by atoms with Gasteiger partial charge in [0, 0.05) is 13.1 Å². The van der Waals surface area contributed by atoms with Crippen molar-refractivity contribution in [2.75, 3.05) is 19.6 Å². The molecule has 0 spiro atoms. The van der Waals surface area contributed by atoms with Crippen molar-refractivity contribution in [2.45, 2.75) is 6.42 Å². The Morgan fingerprint density at radius 2 is 2.33 bits per heavy atom. The van der Waals surface area contributed by atoms with Gasteiger partial charge >= 0.3 is 5.97 Å². The fourth-order valence-electron chi connectivity index (χ4n) is 1.14. The number of carbonyl (C=O) groups is 1. The maximum atomic E-state index is 10.3. The Balaban J connectivity index is 2.52. The molecule has 0 aromatic heterocycles. The lowest BCUT2D eigenvalue weighted by Crippen LogP contribution is -2.54. The van der Waals surface area contributed by atoms with Crippen molar-refractivity contribution in [1.82, 2.24) is 9.91 Å². The largest absolute Gasteiger partial charge is 0.480 e. The lowest BCUT2D eigenvalue weighted by Gasteiger charge is -2.34. The number of nitrogens with one attached hydrogen (secondary N) is 1. The number of guanidine groups is 1. The minimum atomic E-state index is -0.935. The van der Waals surface area contributed by atoms with E-state index in [2.05, 4.69) is 0 Å². The molecule has 0 unspecified atom stereocenters. The third-order valence-electron chi connectivity index (χ3n) is 1.72. The Morgan fingerprint density at radius 3 is 2.92 bits per heavy atom. The van der Waals surface area contributed by atoms with Crippen molar-refractivity contribution in [3.63, 3.8) is 0 Å². The number of nitrogens with two attached hydrogens (primary N) is 1. The van der Waals surface area contributed by atoms with E-state index in [-0.39, 0.29) is 12.5 Å². The molecule has 1 fully saturated rings. The van der Waals surface area contributed by atoms with Gasteiger partial charge in [-0.15, -0.1) is 0 Å². The molecule has 0 amide bonds. The van der Waals surface area contributed by atoms with Crippen LogP contribution in [-0.2, 0) is 4.79 Å². The highest BCUT2D eigenvalue weighted by Gasteiger charge is 2.21. The van der Waals surface area contributed by atoms with E-state index in [1.807, 2.05) is 0 Å². The number of hydrogen-bond donors (Lipinski definition) is 3. The number of hydrazine groups is 1. The van der Waals surface area contributed by atoms with Crippen molar-refractivity contribution >= 4 is 11.9 Å². The van der Waals surface area contributed by atoms with Gasteiger partial charge in [-0.1, -0.05) is 0 Å². The molecule has 0 aromatic rings. The van der Waals surface area contributed by atoms with Gasteiger partial charge in [-0.3, -0.25) is 15.2 Å². The second-order valence-corrected chi connectivity index (χ2v) is 2.69. The summed E-state index contributed by atoms with van der Waals surface area (Å²) in [5.41, 5.74) is 0. The fraction of sp³-hybridized carbons (Fsp3) is 0.667. The molecule has 0 atom stereocenters. The molecule has 6 heteroatoms. The van der Waals surface area contributed by atoms with Crippen LogP contribution in [0.1, 0.15) is 6.42 Å². The van der Waals surface area contributed by atoms with Gasteiger partial charge < -0.3 is 10.0 Å². The molecule has 12 heavy (non-hydrogen) atoms. The van der Waals surface area contributed by atoms with Gasteiger partial charge in [0.2, 0.25) is 5.96 Å². The molecule has 1 rings (SSSR count). The van der Waals surface area contributed by atoms with Gasteiger partial charge in [0.1, 0.15) is 6.54 Å². The van der Waals surface area contributed by atoms with Crippen LogP contribution in [0.3, 0.4) is 0 Å². The van der Waals surface area contributed by atoms with Crippen LogP contribution < -0.4 is 5.84 Å². The number of hydrogen-bond acceptors (Lipinski definition) is 3. The predicted octanol–water partition coefficient (Wildman–Crippen LogP) is -1.11. The summed E-state index contributed by atoms with van der Waals surface area (Å²) >= 11 is 0. The average molecular weight is 172 g/mol. The number of carboxylic acids is 1. The Kier molecular flexibility index (Phi) is 2.49. The molecule has 1 aliphatic rings. The van der Waals surface area contributed by atoms with Crippen LogP contribution in [0, 0.1) is 5.41 Å². The van der Waals surface area contributed by atoms with Crippen LogP contribution in [0.2, 0.25) is 0 Å². The van der Waals surface area contributed by atoms with Gasteiger partial charge in [0.05, 0.1) is 0 Å². The van der Waals surface area contributed by atoms with Gasteiger partial charge in [0.25, 0.3) is 0 Å². The maximum absolute atomic E-state index is 10.3. The Labute approximate surface area is 70.0 Å². The molecule has 1 saturated heterocycles. The number of carboxylic acid groups (broad SMARTS) is 1. The van der Waals surface area contributed by atoms with Crippen LogP contribution in [-0.4, -0.2) is 46.6 Å². The lowest BCUT2D eigenvalue weighted by atomic mass is 10.3. The highest BCUT2D eigenvalue weighted by molar-refractivity contribution is 5.81. The first-order chi connectivity index (χ1) is 5.61. The molecule has 68 valence electrons. The van der Waals surface area contributed by atoms with E-state index in [1.165, 1.54) is 9.91 Å². The Hall–Kier alpha value is -1.30. The molecule has 0 saturated carbocycles. The number of rotatable bonds is 2. The second-order valence-electron chi connectivity index (χ2n) is 2.69. The first kappa shape index (κ1) is 8.79. The van der Waals surface area contributed by atoms with Crippen molar-refractivity contribution in [3.05, 3.63) is 0 Å². The van der Waals surface area contributed by atoms with Crippen LogP contribution in [0.15, 0.2) is 0 Å². The van der Waals surface area contributed by atoms with Crippen LogP contribution in [0.25, 0.3) is 0 Å². The third-order valence-corrected chi connectivity index (χ3v) is 1.72. The number of nitrogens with zero attached hydrogens (tertiary/aromatic N) is 2. The SMILES string of the molecule is N=C1N(N)CCCN1CC(=O)O. The molecule has 0 aromatic carbocycles. The molecular formula is C6H12N4O2. The minimum Gasteiger partial charge on any atom is -0.480 e. The van der Waals surface area contributed by atoms with Gasteiger partial charge in [-0.25, -0.2) is 5.84 Å². The van der Waals surface area contributed by atoms with E-state index in [0.29, 0.717) is 13.1 Å². The highest BCUT2D eigenvalue weighted by Crippen LogP contribution is 2.02. The monoisotopic (exact) mass is 172 g/mol. The van der Waals surface area contributed by atoms with Crippen LogP contribution >= 0.6 is 0 Å². The van der Waals surface area contributed by atoms with E-state index in [9.17, 15) is 4.79 Å². The molecule has 0 radical (unpaired) electrons. The lowest BCUT2D eigenvalue weighted by molar-refractivity contribution is -0.137. The summed E-state index contributed by atoms with van der Waals surface area (Å²) in [6.07, 6.45) is 0.798. The Bertz CT molecular complexity index is 206. The first-order valence-electron chi connectivity index (χ1n) is 3.69. The first-order valence-corrected chi connectivity index (χ1v) is 3.69. The normalized spacial score (nSPS) is 18.2. The van der Waals surface area contributed by atoms with Gasteiger partial charge in [0.15, 0.2) is 0 Å². The van der Waals surface area contributed by atoms with E-state index in [1.54, 1.807) is 0 Å². The zero-order chi connectivity index (χ0) is 9.14. The van der Waals surface area contributed by atoms with E-state index >= 15 is 0 Å². The Morgan fingerprint density at radius 1 is 1.67 bits per heavy atom. The summed E-state index contributed by atoms with van der Waals surface area (Å²) < 4.78 is 0. The minimum absolute atomic E-state index is 0.0867. The molecule has 6 nitrogen and oxygen atoms in total. The predicted molar refractivity (Wildman–Crippen MR) is 42.4 cm³/mol. The molecule has 4 N–H and O–H groups in total. The van der Waals surface area contributed by atoms with Gasteiger partial charge in [-0.2, -0.15) is 0 Å². The van der Waals surface area contributed by atoms with Crippen molar-refractivity contribution in [1.29, 1.82) is 5.41 Å². The third kappa shape index (κ3) is 1.85. The number of aliphatic carboxylic acids is 1. The summed E-state index contributed by atoms with van der Waals surface area (Å²) in [7, 11) is 0. The smallest absolute Gasteiger partial charge is 0.323 e. The van der Waals surface area contributed by atoms with Crippen LogP contribution in [0.4, 0.5) is 0 Å². The van der Waals surface area contributed by atoms with Gasteiger partial charge in [-0.05, 0) is 6.42 Å². The van der Waals surface area contributed by atoms with E-state index in [4.69, 9.17) is 16.4 Å². The molecule has 1 heterocycles. The van der Waals surface area contributed by atoms with Crippen LogP contribution in [0.5, 0.6) is 0 Å². The van der Waals surface area contributed by atoms with Crippen molar-refractivity contribution < 1.29 is 9.90 Å². The highest BCUT2D eigenvalue weighted by atomic mass is 16.4. The van der Waals surface area contributed by atoms with Crippen molar-refractivity contribution in [3.8, 4) is 0 Å². The second kappa shape index (κ2) is 3.40. The van der Waals surface area contributed by atoms with E-state index < -0.39 is 5.97 Å². The summed E-state index contributed by atoms with van der Waals surface area (Å²) in [4.78, 5) is 11.8. The molecular weight excluding hydrogens is 160 g/mol. The molecule has 0 aliphatic carbocycles. The van der Waals surface area contributed by atoms with Crippen molar-refractivity contribution in [2.24, 2.45) is 5.84 Å². The van der Waals surface area contributed by atoms with E-state index in [0.717, 1.165) is 6.42 Å². The zero-order valence-corrected chi connectivity index (χ0v) is 6.66.